The fourth-order valence-electron chi connectivity index (χ4n) is 1.84. The predicted molar refractivity (Wildman–Crippen MR) is 78.5 cm³/mol. The molecule has 0 saturated carbocycles. The topological polar surface area (TPSA) is 50.9 Å². The molecule has 0 saturated heterocycles. The highest BCUT2D eigenvalue weighted by molar-refractivity contribution is 7.22. The molecule has 3 nitrogen and oxygen atoms in total. The number of anilines is 3. The predicted octanol–water partition coefficient (Wildman–Crippen LogP) is 4.07. The van der Waals surface area contributed by atoms with E-state index in [9.17, 15) is 4.39 Å². The number of aromatic nitrogens is 1. The number of rotatable bonds is 2. The van der Waals surface area contributed by atoms with Crippen LogP contribution in [0.2, 0.25) is 0 Å². The van der Waals surface area contributed by atoms with Crippen molar-refractivity contribution in [3.8, 4) is 0 Å². The van der Waals surface area contributed by atoms with E-state index in [2.05, 4.69) is 10.3 Å². The van der Waals surface area contributed by atoms with Gasteiger partial charge in [0.15, 0.2) is 5.13 Å². The maximum absolute atomic E-state index is 13.2. The fourth-order valence-corrected chi connectivity index (χ4v) is 2.78. The number of halogens is 1. The number of thiazole rings is 1. The molecule has 2 aromatic carbocycles. The largest absolute Gasteiger partial charge is 0.399 e. The van der Waals surface area contributed by atoms with Crippen molar-refractivity contribution in [2.75, 3.05) is 11.1 Å². The zero-order valence-electron chi connectivity index (χ0n) is 10.3. The Bertz CT molecular complexity index is 752. The van der Waals surface area contributed by atoms with Crippen LogP contribution in [0.15, 0.2) is 36.4 Å². The maximum atomic E-state index is 13.2. The molecule has 3 aromatic rings. The SMILES string of the molecule is Cc1cc(Nc2nc3ccc(N)cc3s2)ccc1F. The second kappa shape index (κ2) is 4.51. The van der Waals surface area contributed by atoms with Crippen molar-refractivity contribution in [1.82, 2.24) is 4.98 Å². The number of nitrogens with one attached hydrogen (secondary N) is 1. The number of fused-ring (bicyclic) bond motifs is 1. The highest BCUT2D eigenvalue weighted by Crippen LogP contribution is 2.29. The quantitative estimate of drug-likeness (QED) is 0.692. The molecular weight excluding hydrogens is 261 g/mol. The molecule has 0 bridgehead atoms. The van der Waals surface area contributed by atoms with Crippen molar-refractivity contribution in [3.63, 3.8) is 0 Å². The maximum Gasteiger partial charge on any atom is 0.188 e. The summed E-state index contributed by atoms with van der Waals surface area (Å²) >= 11 is 1.52. The van der Waals surface area contributed by atoms with E-state index in [4.69, 9.17) is 5.73 Å². The first-order valence-electron chi connectivity index (χ1n) is 5.81. The average molecular weight is 273 g/mol. The van der Waals surface area contributed by atoms with Gasteiger partial charge in [-0.05, 0) is 48.9 Å². The number of benzene rings is 2. The summed E-state index contributed by atoms with van der Waals surface area (Å²) in [6.45, 7) is 1.74. The van der Waals surface area contributed by atoms with E-state index in [0.717, 1.165) is 26.7 Å². The molecule has 19 heavy (non-hydrogen) atoms. The molecule has 3 rings (SSSR count). The van der Waals surface area contributed by atoms with Gasteiger partial charge in [-0.15, -0.1) is 0 Å². The molecule has 0 amide bonds. The van der Waals surface area contributed by atoms with Crippen molar-refractivity contribution < 1.29 is 4.39 Å². The average Bonchev–Trinajstić information content (AvgIpc) is 2.75. The molecule has 0 unspecified atom stereocenters. The minimum atomic E-state index is -0.206. The van der Waals surface area contributed by atoms with Crippen LogP contribution < -0.4 is 11.1 Å². The lowest BCUT2D eigenvalue weighted by molar-refractivity contribution is 0.619. The van der Waals surface area contributed by atoms with Crippen molar-refractivity contribution >= 4 is 38.1 Å². The van der Waals surface area contributed by atoms with Crippen molar-refractivity contribution in [1.29, 1.82) is 0 Å². The Labute approximate surface area is 113 Å². The summed E-state index contributed by atoms with van der Waals surface area (Å²) in [5.41, 5.74) is 8.80. The lowest BCUT2D eigenvalue weighted by Crippen LogP contribution is -1.91. The van der Waals surface area contributed by atoms with Crippen LogP contribution in [0, 0.1) is 12.7 Å². The van der Waals surface area contributed by atoms with Gasteiger partial charge in [-0.3, -0.25) is 0 Å². The highest BCUT2D eigenvalue weighted by atomic mass is 32.1. The van der Waals surface area contributed by atoms with Gasteiger partial charge in [-0.1, -0.05) is 11.3 Å². The van der Waals surface area contributed by atoms with Crippen LogP contribution in [0.5, 0.6) is 0 Å². The van der Waals surface area contributed by atoms with E-state index in [1.165, 1.54) is 17.4 Å². The highest BCUT2D eigenvalue weighted by Gasteiger charge is 2.05. The zero-order valence-corrected chi connectivity index (χ0v) is 11.1. The fraction of sp³-hybridized carbons (Fsp3) is 0.0714. The Kier molecular flexibility index (Phi) is 2.83. The summed E-state index contributed by atoms with van der Waals surface area (Å²) < 4.78 is 14.2. The van der Waals surface area contributed by atoms with Gasteiger partial charge in [-0.2, -0.15) is 0 Å². The van der Waals surface area contributed by atoms with E-state index in [-0.39, 0.29) is 5.82 Å². The van der Waals surface area contributed by atoms with Gasteiger partial charge < -0.3 is 11.1 Å². The minimum absolute atomic E-state index is 0.206. The van der Waals surface area contributed by atoms with E-state index in [0.29, 0.717) is 5.56 Å². The molecule has 1 aromatic heterocycles. The molecule has 3 N–H and O–H groups in total. The molecule has 0 spiro atoms. The summed E-state index contributed by atoms with van der Waals surface area (Å²) in [6.07, 6.45) is 0. The summed E-state index contributed by atoms with van der Waals surface area (Å²) in [6, 6.07) is 10.5. The van der Waals surface area contributed by atoms with Crippen molar-refractivity contribution in [2.45, 2.75) is 6.92 Å². The molecule has 96 valence electrons. The van der Waals surface area contributed by atoms with Crippen molar-refractivity contribution in [3.05, 3.63) is 47.8 Å². The Morgan fingerprint density at radius 2 is 2.05 bits per heavy atom. The molecule has 0 fully saturated rings. The van der Waals surface area contributed by atoms with Gasteiger partial charge in [0, 0.05) is 11.4 Å². The van der Waals surface area contributed by atoms with Crippen LogP contribution in [0.4, 0.5) is 20.9 Å². The molecular formula is C14H12FN3S. The Morgan fingerprint density at radius 3 is 2.84 bits per heavy atom. The second-order valence-corrected chi connectivity index (χ2v) is 5.37. The third-order valence-electron chi connectivity index (χ3n) is 2.82. The van der Waals surface area contributed by atoms with Gasteiger partial charge in [0.2, 0.25) is 0 Å². The number of hydrogen-bond acceptors (Lipinski definition) is 4. The van der Waals surface area contributed by atoms with Crippen LogP contribution in [-0.4, -0.2) is 4.98 Å². The monoisotopic (exact) mass is 273 g/mol. The molecule has 5 heteroatoms. The number of nitrogen functional groups attached to an aromatic ring is 1. The van der Waals surface area contributed by atoms with E-state index in [1.807, 2.05) is 18.2 Å². The summed E-state index contributed by atoms with van der Waals surface area (Å²) in [4.78, 5) is 4.46. The van der Waals surface area contributed by atoms with Crippen LogP contribution in [0.1, 0.15) is 5.56 Å². The van der Waals surface area contributed by atoms with Gasteiger partial charge in [0.05, 0.1) is 10.2 Å². The lowest BCUT2D eigenvalue weighted by atomic mass is 10.2. The number of aryl methyl sites for hydroxylation is 1. The molecule has 1 heterocycles. The lowest BCUT2D eigenvalue weighted by Gasteiger charge is -2.03. The van der Waals surface area contributed by atoms with Gasteiger partial charge in [0.25, 0.3) is 0 Å². The Balaban J connectivity index is 1.94. The van der Waals surface area contributed by atoms with Gasteiger partial charge >= 0.3 is 0 Å². The minimum Gasteiger partial charge on any atom is -0.399 e. The molecule has 0 aliphatic rings. The smallest absolute Gasteiger partial charge is 0.188 e. The molecule has 0 aliphatic carbocycles. The van der Waals surface area contributed by atoms with Crippen molar-refractivity contribution in [2.24, 2.45) is 0 Å². The van der Waals surface area contributed by atoms with Crippen LogP contribution in [-0.2, 0) is 0 Å². The Hall–Kier alpha value is -2.14. The third-order valence-corrected chi connectivity index (χ3v) is 3.76. The number of nitrogens with zero attached hydrogens (tertiary/aromatic N) is 1. The summed E-state index contributed by atoms with van der Waals surface area (Å²) in [7, 11) is 0. The van der Waals surface area contributed by atoms with Crippen LogP contribution >= 0.6 is 11.3 Å². The number of nitrogens with two attached hydrogens (primary N) is 1. The van der Waals surface area contributed by atoms with E-state index >= 15 is 0 Å². The molecule has 0 aliphatic heterocycles. The standard InChI is InChI=1S/C14H12FN3S/c1-8-6-10(3-4-11(8)15)17-14-18-12-5-2-9(16)7-13(12)19-14/h2-7H,16H2,1H3,(H,17,18). The van der Waals surface area contributed by atoms with Gasteiger partial charge in [-0.25, -0.2) is 9.37 Å². The van der Waals surface area contributed by atoms with Gasteiger partial charge in [0.1, 0.15) is 5.82 Å². The second-order valence-electron chi connectivity index (χ2n) is 4.34. The first-order valence-corrected chi connectivity index (χ1v) is 6.63. The summed E-state index contributed by atoms with van der Waals surface area (Å²) in [5, 5.41) is 3.95. The van der Waals surface area contributed by atoms with Crippen LogP contribution in [0.3, 0.4) is 0 Å². The Morgan fingerprint density at radius 1 is 1.21 bits per heavy atom. The zero-order chi connectivity index (χ0) is 13.4. The third kappa shape index (κ3) is 2.37. The first kappa shape index (κ1) is 11.9. The van der Waals surface area contributed by atoms with E-state index < -0.39 is 0 Å². The summed E-state index contributed by atoms with van der Waals surface area (Å²) in [5.74, 6) is -0.206. The molecule has 0 atom stereocenters. The normalized spacial score (nSPS) is 10.8. The number of hydrogen-bond donors (Lipinski definition) is 2. The molecule has 0 radical (unpaired) electrons. The first-order chi connectivity index (χ1) is 9.11. The van der Waals surface area contributed by atoms with Crippen LogP contribution in [0.25, 0.3) is 10.2 Å². The van der Waals surface area contributed by atoms with E-state index in [1.54, 1.807) is 19.1 Å².